The van der Waals surface area contributed by atoms with E-state index in [2.05, 4.69) is 14.9 Å². The molecule has 0 bridgehead atoms. The number of aromatic nitrogens is 3. The molecule has 1 saturated heterocycles. The van der Waals surface area contributed by atoms with Crippen molar-refractivity contribution in [3.05, 3.63) is 69.3 Å². The molecule has 4 rings (SSSR count). The van der Waals surface area contributed by atoms with Gasteiger partial charge in [-0.25, -0.2) is 13.8 Å². The lowest BCUT2D eigenvalue weighted by Crippen LogP contribution is -2.30. The highest BCUT2D eigenvalue weighted by Crippen LogP contribution is 2.22. The largest absolute Gasteiger partial charge is 0.342 e. The van der Waals surface area contributed by atoms with Crippen molar-refractivity contribution in [1.82, 2.24) is 19.3 Å². The fraction of sp³-hybridized carbons (Fsp3) is 0.391. The van der Waals surface area contributed by atoms with Crippen molar-refractivity contribution in [2.45, 2.75) is 32.6 Å². The average Bonchev–Trinajstić information content (AvgIpc) is 3.03. The Morgan fingerprint density at radius 2 is 2.03 bits per heavy atom. The van der Waals surface area contributed by atoms with E-state index in [-0.39, 0.29) is 41.2 Å². The first-order valence-corrected chi connectivity index (χ1v) is 10.5. The van der Waals surface area contributed by atoms with Gasteiger partial charge in [-0.05, 0) is 70.0 Å². The number of carbonyl (C=O) groups excluding carboxylic acids is 1. The van der Waals surface area contributed by atoms with E-state index in [1.165, 1.54) is 22.9 Å². The number of rotatable bonds is 5. The lowest BCUT2D eigenvalue weighted by Gasteiger charge is -2.20. The van der Waals surface area contributed by atoms with Gasteiger partial charge < -0.3 is 9.88 Å². The van der Waals surface area contributed by atoms with Crippen LogP contribution in [0.2, 0.25) is 0 Å². The quantitative estimate of drug-likeness (QED) is 0.593. The van der Waals surface area contributed by atoms with Gasteiger partial charge in [-0.3, -0.25) is 9.59 Å². The number of H-pyrrole nitrogens is 1. The second kappa shape index (κ2) is 10.1. The number of fused-ring (bicyclic) bond motifs is 1. The molecule has 3 aromatic rings. The molecule has 1 aliphatic rings. The molecule has 168 valence electrons. The first-order valence-electron chi connectivity index (χ1n) is 10.5. The fourth-order valence-corrected chi connectivity index (χ4v) is 4.32. The van der Waals surface area contributed by atoms with Crippen LogP contribution in [0.1, 0.15) is 46.6 Å². The minimum absolute atomic E-state index is 0. The Kier molecular flexibility index (Phi) is 7.44. The molecule has 1 aliphatic heterocycles. The van der Waals surface area contributed by atoms with Crippen LogP contribution in [0.25, 0.3) is 5.65 Å². The number of nitrogens with one attached hydrogen (secondary N) is 1. The van der Waals surface area contributed by atoms with E-state index < -0.39 is 0 Å². The highest BCUT2D eigenvalue weighted by atomic mass is 35.5. The first-order chi connectivity index (χ1) is 15.0. The summed E-state index contributed by atoms with van der Waals surface area (Å²) in [4.78, 5) is 35.0. The number of nitriles is 1. The summed E-state index contributed by atoms with van der Waals surface area (Å²) in [6.45, 7) is 4.20. The summed E-state index contributed by atoms with van der Waals surface area (Å²) in [5.41, 5.74) is 2.46. The molecule has 1 aromatic carbocycles. The Morgan fingerprint density at radius 1 is 1.28 bits per heavy atom. The van der Waals surface area contributed by atoms with Gasteiger partial charge in [0.2, 0.25) is 0 Å². The summed E-state index contributed by atoms with van der Waals surface area (Å²) >= 11 is 0. The maximum Gasteiger partial charge on any atom is 0.262 e. The number of hydrogen-bond donors (Lipinski definition) is 1. The second-order valence-electron chi connectivity index (χ2n) is 8.05. The van der Waals surface area contributed by atoms with Crippen molar-refractivity contribution < 1.29 is 9.18 Å². The lowest BCUT2D eigenvalue weighted by atomic mass is 9.91. The summed E-state index contributed by atoms with van der Waals surface area (Å²) in [5.74, 6) is -0.327. The van der Waals surface area contributed by atoms with E-state index in [9.17, 15) is 14.0 Å². The topological polar surface area (TPSA) is 94.3 Å². The molecular formula is C23H25ClFN5O2. The van der Waals surface area contributed by atoms with E-state index in [1.807, 2.05) is 13.0 Å². The minimum Gasteiger partial charge on any atom is -0.342 e. The zero-order valence-electron chi connectivity index (χ0n) is 17.8. The Labute approximate surface area is 191 Å². The average molecular weight is 458 g/mol. The monoisotopic (exact) mass is 457 g/mol. The van der Waals surface area contributed by atoms with Crippen LogP contribution in [0.4, 0.5) is 4.39 Å². The number of Topliss-reactive ketones (excluding diaryl/α,β-unsaturated/α-hetero) is 1. The van der Waals surface area contributed by atoms with Gasteiger partial charge in [-0.2, -0.15) is 5.26 Å². The van der Waals surface area contributed by atoms with Crippen LogP contribution in [-0.4, -0.2) is 44.7 Å². The van der Waals surface area contributed by atoms with E-state index in [1.54, 1.807) is 12.1 Å². The maximum absolute atomic E-state index is 13.1. The standard InChI is InChI=1S/C23H24FN5O2.ClH/c1-15-19(23(31)29-14-26-20(13-25)22(29)27-15)9-12-28-10-2-3-16(8-11-28)21(30)17-4-6-18(24)7-5-17;/h4-7,14,16,27H,2-3,8-12H2,1H3;1H. The Bertz CT molecular complexity index is 1210. The maximum atomic E-state index is 13.1. The Balaban J connectivity index is 0.00000289. The summed E-state index contributed by atoms with van der Waals surface area (Å²) in [6.07, 6.45) is 4.42. The van der Waals surface area contributed by atoms with Gasteiger partial charge >= 0.3 is 0 Å². The van der Waals surface area contributed by atoms with Gasteiger partial charge in [-0.1, -0.05) is 0 Å². The van der Waals surface area contributed by atoms with E-state index >= 15 is 0 Å². The van der Waals surface area contributed by atoms with Crippen molar-refractivity contribution in [2.24, 2.45) is 5.92 Å². The van der Waals surface area contributed by atoms with Crippen LogP contribution in [0.15, 0.2) is 35.4 Å². The van der Waals surface area contributed by atoms with Crippen LogP contribution in [0, 0.1) is 30.0 Å². The van der Waals surface area contributed by atoms with E-state index in [0.717, 1.165) is 38.0 Å². The third kappa shape index (κ3) is 4.74. The number of halogens is 2. The normalized spacial score (nSPS) is 16.8. The molecule has 2 aromatic heterocycles. The molecule has 0 spiro atoms. The summed E-state index contributed by atoms with van der Waals surface area (Å²) in [6, 6.07) is 7.75. The smallest absolute Gasteiger partial charge is 0.262 e. The van der Waals surface area contributed by atoms with E-state index in [0.29, 0.717) is 29.7 Å². The molecule has 0 radical (unpaired) electrons. The Morgan fingerprint density at radius 3 is 2.75 bits per heavy atom. The third-order valence-electron chi connectivity index (χ3n) is 6.11. The molecular weight excluding hydrogens is 433 g/mol. The SMILES string of the molecule is Cc1[nH]c2c(C#N)ncn2c(=O)c1CCN1CCCC(C(=O)c2ccc(F)cc2)CC1.Cl. The molecule has 0 amide bonds. The highest BCUT2D eigenvalue weighted by molar-refractivity contribution is 5.97. The van der Waals surface area contributed by atoms with Crippen molar-refractivity contribution in [1.29, 1.82) is 5.26 Å². The number of carbonyl (C=O) groups is 1. The van der Waals surface area contributed by atoms with Crippen molar-refractivity contribution in [2.75, 3.05) is 19.6 Å². The number of imidazole rings is 1. The lowest BCUT2D eigenvalue weighted by molar-refractivity contribution is 0.0907. The van der Waals surface area contributed by atoms with Crippen LogP contribution in [-0.2, 0) is 6.42 Å². The van der Waals surface area contributed by atoms with Crippen LogP contribution >= 0.6 is 12.4 Å². The van der Waals surface area contributed by atoms with Gasteiger partial charge in [-0.15, -0.1) is 12.4 Å². The van der Waals surface area contributed by atoms with Gasteiger partial charge in [0.25, 0.3) is 5.56 Å². The van der Waals surface area contributed by atoms with E-state index in [4.69, 9.17) is 5.26 Å². The zero-order chi connectivity index (χ0) is 22.0. The molecule has 32 heavy (non-hydrogen) atoms. The van der Waals surface area contributed by atoms with Crippen molar-refractivity contribution in [3.63, 3.8) is 0 Å². The van der Waals surface area contributed by atoms with Crippen molar-refractivity contribution in [3.8, 4) is 6.07 Å². The van der Waals surface area contributed by atoms with Gasteiger partial charge in [0.1, 0.15) is 18.2 Å². The van der Waals surface area contributed by atoms with Gasteiger partial charge in [0.05, 0.1) is 0 Å². The zero-order valence-corrected chi connectivity index (χ0v) is 18.6. The number of aromatic amines is 1. The number of hydrogen-bond acceptors (Lipinski definition) is 5. The second-order valence-corrected chi connectivity index (χ2v) is 8.05. The minimum atomic E-state index is -0.341. The third-order valence-corrected chi connectivity index (χ3v) is 6.11. The molecule has 0 aliphatic carbocycles. The summed E-state index contributed by atoms with van der Waals surface area (Å²) in [5, 5.41) is 9.13. The predicted octanol–water partition coefficient (Wildman–Crippen LogP) is 3.29. The molecule has 0 saturated carbocycles. The molecule has 1 atom stereocenters. The number of likely N-dealkylation sites (tertiary alicyclic amines) is 1. The summed E-state index contributed by atoms with van der Waals surface area (Å²) in [7, 11) is 0. The van der Waals surface area contributed by atoms with Crippen LogP contribution in [0.3, 0.4) is 0 Å². The Hall–Kier alpha value is -3.02. The molecule has 9 heteroatoms. The molecule has 1 fully saturated rings. The number of nitrogens with zero attached hydrogens (tertiary/aromatic N) is 4. The molecule has 3 heterocycles. The molecule has 1 unspecified atom stereocenters. The predicted molar refractivity (Wildman–Crippen MR) is 121 cm³/mol. The fourth-order valence-electron chi connectivity index (χ4n) is 4.32. The first kappa shape index (κ1) is 23.6. The number of aryl methyl sites for hydroxylation is 1. The highest BCUT2D eigenvalue weighted by Gasteiger charge is 2.24. The van der Waals surface area contributed by atoms with Gasteiger partial charge in [0, 0.05) is 29.3 Å². The number of ketones is 1. The number of benzene rings is 1. The van der Waals surface area contributed by atoms with Crippen LogP contribution in [0.5, 0.6) is 0 Å². The molecule has 7 nitrogen and oxygen atoms in total. The summed E-state index contributed by atoms with van der Waals surface area (Å²) < 4.78 is 14.5. The molecule has 1 N–H and O–H groups in total. The van der Waals surface area contributed by atoms with Crippen molar-refractivity contribution >= 4 is 23.8 Å². The van der Waals surface area contributed by atoms with Crippen LogP contribution < -0.4 is 5.56 Å². The van der Waals surface area contributed by atoms with Gasteiger partial charge in [0.15, 0.2) is 17.1 Å².